The molecule has 0 saturated carbocycles. The van der Waals surface area contributed by atoms with Crippen LogP contribution in [-0.4, -0.2) is 52.5 Å². The zero-order valence-corrected chi connectivity index (χ0v) is 31.7. The Morgan fingerprint density at radius 1 is 0.807 bits per heavy atom. The predicted molar refractivity (Wildman–Crippen MR) is 220 cm³/mol. The van der Waals surface area contributed by atoms with Gasteiger partial charge in [0.05, 0.1) is 24.9 Å². The Morgan fingerprint density at radius 3 is 2.25 bits per heavy atom. The lowest BCUT2D eigenvalue weighted by molar-refractivity contribution is -0.252. The van der Waals surface area contributed by atoms with E-state index >= 15 is 0 Å². The molecule has 1 saturated heterocycles. The Labute approximate surface area is 332 Å². The molecule has 6 aromatic carbocycles. The topological polar surface area (TPSA) is 133 Å². The number of hydrogen-bond acceptors (Lipinski definition) is 8. The van der Waals surface area contributed by atoms with Gasteiger partial charge in [-0.25, -0.2) is 4.79 Å². The van der Waals surface area contributed by atoms with Gasteiger partial charge < -0.3 is 45.1 Å². The molecule has 1 fully saturated rings. The van der Waals surface area contributed by atoms with Gasteiger partial charge in [-0.15, -0.1) is 0 Å². The summed E-state index contributed by atoms with van der Waals surface area (Å²) >= 11 is 0. The third-order valence-corrected chi connectivity index (χ3v) is 9.91. The van der Waals surface area contributed by atoms with Crippen molar-refractivity contribution in [2.45, 2.75) is 44.2 Å². The third kappa shape index (κ3) is 10.6. The Morgan fingerprint density at radius 2 is 1.51 bits per heavy atom. The van der Waals surface area contributed by atoms with Crippen LogP contribution >= 0.6 is 0 Å². The van der Waals surface area contributed by atoms with Crippen LogP contribution in [0.3, 0.4) is 0 Å². The molecule has 57 heavy (non-hydrogen) atoms. The molecule has 7 rings (SSSR count). The molecule has 5 N–H and O–H groups in total. The zero-order chi connectivity index (χ0) is 39.6. The van der Waals surface area contributed by atoms with E-state index < -0.39 is 12.4 Å². The molecule has 1 aliphatic heterocycles. The molecular weight excluding hydrogens is 719 g/mol. The molecular formula is C47H47N3O7. The summed E-state index contributed by atoms with van der Waals surface area (Å²) in [7, 11) is 1.94. The van der Waals surface area contributed by atoms with Gasteiger partial charge in [0.1, 0.15) is 17.2 Å². The number of anilines is 1. The third-order valence-electron chi connectivity index (χ3n) is 9.91. The zero-order valence-electron chi connectivity index (χ0n) is 31.7. The number of nitrogens with one attached hydrogen (secondary N) is 2. The number of likely N-dealkylation sites (N-methyl/N-ethyl adjacent to an activating group) is 1. The van der Waals surface area contributed by atoms with E-state index in [-0.39, 0.29) is 30.6 Å². The number of carbonyl (C=O) groups is 1. The molecule has 0 radical (unpaired) electrons. The number of urea groups is 1. The fraction of sp³-hybridized carbons (Fsp3) is 0.213. The van der Waals surface area contributed by atoms with Crippen LogP contribution in [0, 0.1) is 0 Å². The molecule has 6 aromatic rings. The van der Waals surface area contributed by atoms with Gasteiger partial charge in [-0.3, -0.25) is 0 Å². The van der Waals surface area contributed by atoms with E-state index in [1.54, 1.807) is 36.4 Å². The van der Waals surface area contributed by atoms with Crippen molar-refractivity contribution < 1.29 is 34.3 Å². The number of phenolic OH excluding ortho intramolecular Hbond substituents is 1. The quantitative estimate of drug-likeness (QED) is 0.0743. The summed E-state index contributed by atoms with van der Waals surface area (Å²) in [5.74, 6) is 1.53. The first-order valence-corrected chi connectivity index (χ1v) is 19.0. The molecule has 0 bridgehead atoms. The number of aliphatic hydroxyl groups is 2. The lowest BCUT2D eigenvalue weighted by Gasteiger charge is -2.38. The minimum Gasteiger partial charge on any atom is -0.508 e. The van der Waals surface area contributed by atoms with Gasteiger partial charge in [0.15, 0.2) is 6.29 Å². The van der Waals surface area contributed by atoms with Gasteiger partial charge in [0.25, 0.3) is 0 Å². The normalized spacial score (nSPS) is 17.2. The highest BCUT2D eigenvalue weighted by Crippen LogP contribution is 2.39. The molecule has 292 valence electrons. The number of carbonyl (C=O) groups excluding carboxylic acids is 1. The summed E-state index contributed by atoms with van der Waals surface area (Å²) in [6.45, 7) is 1.18. The first-order chi connectivity index (χ1) is 27.8. The van der Waals surface area contributed by atoms with Crippen molar-refractivity contribution in [2.75, 3.05) is 25.5 Å². The predicted octanol–water partition coefficient (Wildman–Crippen LogP) is 8.88. The molecule has 1 heterocycles. The van der Waals surface area contributed by atoms with Gasteiger partial charge in [0, 0.05) is 37.3 Å². The van der Waals surface area contributed by atoms with Crippen molar-refractivity contribution in [2.24, 2.45) is 0 Å². The molecule has 0 aliphatic carbocycles. The maximum absolute atomic E-state index is 12.9. The van der Waals surface area contributed by atoms with Crippen LogP contribution in [0.15, 0.2) is 152 Å². The van der Waals surface area contributed by atoms with E-state index in [1.807, 2.05) is 127 Å². The van der Waals surface area contributed by atoms with Crippen molar-refractivity contribution in [1.29, 1.82) is 0 Å². The van der Waals surface area contributed by atoms with Crippen LogP contribution in [0.4, 0.5) is 10.5 Å². The number of benzene rings is 6. The van der Waals surface area contributed by atoms with Crippen LogP contribution in [0.2, 0.25) is 0 Å². The van der Waals surface area contributed by atoms with Crippen LogP contribution in [-0.2, 0) is 22.6 Å². The van der Waals surface area contributed by atoms with E-state index in [2.05, 4.69) is 10.6 Å². The number of ether oxygens (including phenoxy) is 3. The Kier molecular flexibility index (Phi) is 12.9. The average Bonchev–Trinajstić information content (AvgIpc) is 3.24. The van der Waals surface area contributed by atoms with Gasteiger partial charge in [0.2, 0.25) is 0 Å². The largest absolute Gasteiger partial charge is 0.508 e. The Hall–Kier alpha value is -6.01. The summed E-state index contributed by atoms with van der Waals surface area (Å²) < 4.78 is 19.0. The summed E-state index contributed by atoms with van der Waals surface area (Å²) in [4.78, 5) is 14.9. The second-order valence-electron chi connectivity index (χ2n) is 14.2. The van der Waals surface area contributed by atoms with Crippen molar-refractivity contribution in [3.05, 3.63) is 179 Å². The molecule has 0 spiro atoms. The molecule has 4 atom stereocenters. The van der Waals surface area contributed by atoms with Crippen molar-refractivity contribution in [3.8, 4) is 28.4 Å². The highest BCUT2D eigenvalue weighted by molar-refractivity contribution is 5.89. The average molecular weight is 766 g/mol. The van der Waals surface area contributed by atoms with Gasteiger partial charge >= 0.3 is 6.03 Å². The SMILES string of the molecule is CN(C[C@@H]1C[C@H](c2ccc(CO)cc2)O[C@H](c2ccc(-c3ccccc3CNC(=O)Nc3ccc(Oc4ccccc4)cc3)cc2)O1)C[C@@H](O)c1cccc(O)c1. The van der Waals surface area contributed by atoms with E-state index in [0.29, 0.717) is 43.1 Å². The van der Waals surface area contributed by atoms with E-state index in [0.717, 1.165) is 39.1 Å². The molecule has 0 unspecified atom stereocenters. The summed E-state index contributed by atoms with van der Waals surface area (Å²) in [5.41, 5.74) is 6.89. The maximum Gasteiger partial charge on any atom is 0.319 e. The molecule has 10 heteroatoms. The van der Waals surface area contributed by atoms with E-state index in [4.69, 9.17) is 14.2 Å². The second-order valence-corrected chi connectivity index (χ2v) is 14.2. The first-order valence-electron chi connectivity index (χ1n) is 19.0. The molecule has 10 nitrogen and oxygen atoms in total. The molecule has 0 aromatic heterocycles. The Balaban J connectivity index is 0.999. The molecule has 1 aliphatic rings. The molecule has 2 amide bonds. The number of amides is 2. The number of rotatable bonds is 14. The fourth-order valence-electron chi connectivity index (χ4n) is 6.95. The summed E-state index contributed by atoms with van der Waals surface area (Å²) in [6, 6.07) is 46.9. The minimum absolute atomic E-state index is 0.0360. The minimum atomic E-state index is -0.780. The number of nitrogens with zero attached hydrogens (tertiary/aromatic N) is 1. The van der Waals surface area contributed by atoms with Crippen LogP contribution in [0.25, 0.3) is 11.1 Å². The monoisotopic (exact) mass is 765 g/mol. The van der Waals surface area contributed by atoms with Crippen LogP contribution in [0.1, 0.15) is 52.7 Å². The van der Waals surface area contributed by atoms with Crippen LogP contribution in [0.5, 0.6) is 17.2 Å². The second kappa shape index (κ2) is 18.8. The fourth-order valence-corrected chi connectivity index (χ4v) is 6.95. The number of aliphatic hydroxyl groups excluding tert-OH is 2. The first kappa shape index (κ1) is 39.2. The maximum atomic E-state index is 12.9. The van der Waals surface area contributed by atoms with Gasteiger partial charge in [-0.05, 0) is 89.0 Å². The number of phenols is 1. The smallest absolute Gasteiger partial charge is 0.319 e. The van der Waals surface area contributed by atoms with Crippen molar-refractivity contribution in [3.63, 3.8) is 0 Å². The van der Waals surface area contributed by atoms with Crippen molar-refractivity contribution in [1.82, 2.24) is 10.2 Å². The van der Waals surface area contributed by atoms with E-state index in [1.165, 1.54) is 0 Å². The highest BCUT2D eigenvalue weighted by Gasteiger charge is 2.33. The number of para-hydroxylation sites is 1. The standard InChI is InChI=1S/C47H47N3O7/c1-50(30-44(53)36-9-7-10-39(52)26-36)29-42-27-45(34-16-14-32(31-51)15-17-34)57-46(56-42)35-20-18-33(19-21-35)43-13-6-5-8-37(43)28-48-47(54)49-38-22-24-41(25-23-38)55-40-11-3-2-4-12-40/h2-26,42,44-46,51-53H,27-31H2,1H3,(H2,48,49,54)/t42-,44+,45+,46+/m0/s1. The van der Waals surface area contributed by atoms with Gasteiger partial charge in [-0.1, -0.05) is 103 Å². The van der Waals surface area contributed by atoms with Crippen LogP contribution < -0.4 is 15.4 Å². The lowest BCUT2D eigenvalue weighted by atomic mass is 9.97. The Bertz CT molecular complexity index is 2200. The van der Waals surface area contributed by atoms with Crippen molar-refractivity contribution >= 4 is 11.7 Å². The summed E-state index contributed by atoms with van der Waals surface area (Å²) in [6.07, 6.45) is -1.31. The van der Waals surface area contributed by atoms with Gasteiger partial charge in [-0.2, -0.15) is 0 Å². The number of hydrogen-bond donors (Lipinski definition) is 5. The van der Waals surface area contributed by atoms with E-state index in [9.17, 15) is 20.1 Å². The summed E-state index contributed by atoms with van der Waals surface area (Å²) in [5, 5.41) is 36.3. The highest BCUT2D eigenvalue weighted by atomic mass is 16.7. The lowest BCUT2D eigenvalue weighted by Crippen LogP contribution is -2.39. The number of aromatic hydroxyl groups is 1.